The first-order valence-electron chi connectivity index (χ1n) is 28.7. The summed E-state index contributed by atoms with van der Waals surface area (Å²) in [5.41, 5.74) is 2.24. The monoisotopic (exact) mass is 1370 g/mol. The number of hydrogen-bond acceptors (Lipinski definition) is 25. The van der Waals surface area contributed by atoms with Crippen LogP contribution in [0.1, 0.15) is 132 Å². The summed E-state index contributed by atoms with van der Waals surface area (Å²) in [5, 5.41) is 53.5. The van der Waals surface area contributed by atoms with Crippen LogP contribution in [-0.2, 0) is 40.0 Å². The lowest BCUT2D eigenvalue weighted by Crippen LogP contribution is -2.40. The number of aromatic nitrogens is 7. The molecule has 1 fully saturated rings. The van der Waals surface area contributed by atoms with Crippen LogP contribution in [0, 0.1) is 18.8 Å². The van der Waals surface area contributed by atoms with E-state index in [1.807, 2.05) is 13.8 Å². The van der Waals surface area contributed by atoms with Crippen molar-refractivity contribution in [3.63, 3.8) is 0 Å². The maximum Gasteiger partial charge on any atom is 0.415 e. The second kappa shape index (κ2) is 29.9. The molecule has 1 aliphatic heterocycles. The molecule has 8 aromatic rings. The summed E-state index contributed by atoms with van der Waals surface area (Å²) >= 11 is 6.93. The smallest absolute Gasteiger partial charge is 0.415 e. The first kappa shape index (κ1) is 66.5. The average molecular weight is 1370 g/mol. The van der Waals surface area contributed by atoms with Crippen LogP contribution in [0.5, 0.6) is 0 Å². The summed E-state index contributed by atoms with van der Waals surface area (Å²) in [6.07, 6.45) is -1.62. The Morgan fingerprint density at radius 2 is 1.41 bits per heavy atom. The lowest BCUT2D eigenvalue weighted by molar-refractivity contribution is -0.143. The number of carboxylic acids is 2. The van der Waals surface area contributed by atoms with E-state index in [4.69, 9.17) is 49.1 Å². The number of aliphatic carboxylic acids is 2. The zero-order chi connectivity index (χ0) is 65.3. The second-order valence-corrected chi connectivity index (χ2v) is 27.3. The number of anilines is 1. The predicted octanol–water partition coefficient (Wildman–Crippen LogP) is 8.00. The number of nitrogens with zero attached hydrogens (tertiary/aromatic N) is 8. The largest absolute Gasteiger partial charge is 0.481 e. The van der Waals surface area contributed by atoms with Crippen molar-refractivity contribution in [2.24, 2.45) is 11.8 Å². The normalized spacial score (nSPS) is 18.4. The average Bonchev–Trinajstić information content (AvgIpc) is 1.62. The fourth-order valence-electron chi connectivity index (χ4n) is 9.95. The Kier molecular flexibility index (Phi) is 21.6. The van der Waals surface area contributed by atoms with Crippen molar-refractivity contribution in [1.82, 2.24) is 61.5 Å². The number of fused-ring (bicyclic) bond motifs is 14. The lowest BCUT2D eigenvalue weighted by Gasteiger charge is -2.28. The lowest BCUT2D eigenvalue weighted by atomic mass is 9.87. The van der Waals surface area contributed by atoms with E-state index in [9.17, 15) is 53.7 Å². The Bertz CT molecular complexity index is 4020. The summed E-state index contributed by atoms with van der Waals surface area (Å²) in [6, 6.07) is 9.19. The predicted molar refractivity (Wildman–Crippen MR) is 343 cm³/mol. The van der Waals surface area contributed by atoms with Gasteiger partial charge in [-0.15, -0.1) is 68.0 Å². The number of carbonyl (C=O) groups is 8. The van der Waals surface area contributed by atoms with E-state index in [0.29, 0.717) is 88.7 Å². The highest BCUT2D eigenvalue weighted by molar-refractivity contribution is 7.15. The van der Waals surface area contributed by atoms with Crippen LogP contribution in [0.4, 0.5) is 10.6 Å². The topological polar surface area (TPSA) is 379 Å². The van der Waals surface area contributed by atoms with Gasteiger partial charge in [0, 0.05) is 46.1 Å². The van der Waals surface area contributed by atoms with E-state index in [0.717, 1.165) is 56.7 Å². The van der Waals surface area contributed by atoms with Crippen molar-refractivity contribution in [2.75, 3.05) is 45.4 Å². The fraction of sp³-hybridized carbons (Fsp3) is 0.373. The first-order valence-corrected chi connectivity index (χ1v) is 33.8. The van der Waals surface area contributed by atoms with Crippen LogP contribution >= 0.6 is 68.0 Å². The number of nitrogens with one attached hydrogen (secondary N) is 5. The maximum atomic E-state index is 14.4. The molecule has 10 bridgehead atoms. The SMILES string of the molecule is CNC(=O)C[C@@H]1NC(=O)c2csc(n2)-c2ccc(-c3nc(N(CCOCC(=O)O)C(=O)O[C@H]4CC[C@H](C(=O)O)CC4)cs3)nc2-c2csc(n2)-c2csc(n2)[C@H]([C@@H](O)c2ccccc2)NC(=O)CNC(=O)c2nc(sc2COC)[C@H](C(C)C)NC(=O)c2nc1sc2C. The molecule has 33 heteroatoms. The number of amides is 6. The second-order valence-electron chi connectivity index (χ2n) is 21.4. The minimum atomic E-state index is -1.31. The van der Waals surface area contributed by atoms with Gasteiger partial charge in [0.1, 0.15) is 94.9 Å². The molecule has 482 valence electrons. The molecule has 4 atom stereocenters. The Morgan fingerprint density at radius 1 is 0.707 bits per heavy atom. The molecule has 1 saturated carbocycles. The van der Waals surface area contributed by atoms with Gasteiger partial charge in [-0.2, -0.15) is 0 Å². The van der Waals surface area contributed by atoms with Gasteiger partial charge >= 0.3 is 18.0 Å². The van der Waals surface area contributed by atoms with Gasteiger partial charge in [-0.1, -0.05) is 44.2 Å². The molecule has 0 radical (unpaired) electrons. The van der Waals surface area contributed by atoms with Gasteiger partial charge in [-0.25, -0.2) is 44.5 Å². The molecule has 0 saturated heterocycles. The minimum absolute atomic E-state index is 0.0172. The number of aliphatic hydroxyl groups is 1. The van der Waals surface area contributed by atoms with Crippen LogP contribution in [0.2, 0.25) is 0 Å². The van der Waals surface area contributed by atoms with Crippen molar-refractivity contribution in [2.45, 2.75) is 89.8 Å². The van der Waals surface area contributed by atoms with Gasteiger partial charge in [0.25, 0.3) is 17.7 Å². The number of thiazole rings is 6. The standard InChI is InChI=1S/C59H61N13O14S6/c1-27(2)43-57-71-46(38(92-57)21-84-5)50(79)61-20-41(74)68-47(48(77)29-9-7-6-8-10-29)56-66-37(25-89-56)54-64-35(23-88-54)45-32(52-65-36(24-87-52)49(78)63-34(19-40(73)60-4)55-70-44(28(3)91-55)51(80)69-43)15-16-33(62-45)53-67-39(26-90-53)72(17-18-85-22-42(75)76)59(83)86-31-13-11-30(12-14-31)58(81)82/h6-10,15-16,23-27,30-31,34,43,47-48,77H,11-14,17-22H2,1-5H3,(H,60,73)(H,61,79)(H,63,78)(H,68,74)(H,69,80)(H,75,76)(H,81,82)/t30-,31-,34-,43-,47-,48-/m0/s1. The van der Waals surface area contributed by atoms with Gasteiger partial charge in [0.05, 0.1) is 61.3 Å². The van der Waals surface area contributed by atoms with E-state index >= 15 is 0 Å². The highest BCUT2D eigenvalue weighted by Gasteiger charge is 2.35. The molecule has 1 aliphatic carbocycles. The molecule has 92 heavy (non-hydrogen) atoms. The number of aliphatic hydroxyl groups excluding tert-OH is 1. The van der Waals surface area contributed by atoms with Crippen molar-refractivity contribution >= 4 is 121 Å². The zero-order valence-electron chi connectivity index (χ0n) is 49.8. The molecule has 6 amide bonds. The highest BCUT2D eigenvalue weighted by atomic mass is 32.1. The highest BCUT2D eigenvalue weighted by Crippen LogP contribution is 2.41. The van der Waals surface area contributed by atoms with Gasteiger partial charge < -0.3 is 56.1 Å². The van der Waals surface area contributed by atoms with Crippen LogP contribution in [0.3, 0.4) is 0 Å². The number of hydrogen-bond donors (Lipinski definition) is 8. The van der Waals surface area contributed by atoms with Crippen molar-refractivity contribution in [1.29, 1.82) is 0 Å². The molecular formula is C59H61N13O14S6. The summed E-state index contributed by atoms with van der Waals surface area (Å²) in [7, 11) is 2.91. The molecule has 8 heterocycles. The van der Waals surface area contributed by atoms with Crippen molar-refractivity contribution in [3.05, 3.63) is 111 Å². The van der Waals surface area contributed by atoms with E-state index in [-0.39, 0.29) is 65.7 Å². The molecular weight excluding hydrogens is 1310 g/mol. The number of aryl methyl sites for hydroxylation is 1. The summed E-state index contributed by atoms with van der Waals surface area (Å²) < 4.78 is 16.6. The van der Waals surface area contributed by atoms with Crippen LogP contribution in [-0.4, -0.2) is 144 Å². The molecule has 27 nitrogen and oxygen atoms in total. The number of pyridine rings is 1. The molecule has 2 aliphatic rings. The van der Waals surface area contributed by atoms with Gasteiger partial charge in [-0.05, 0) is 56.2 Å². The van der Waals surface area contributed by atoms with Gasteiger partial charge in [-0.3, -0.25) is 33.7 Å². The number of benzene rings is 1. The third kappa shape index (κ3) is 15.7. The Morgan fingerprint density at radius 3 is 2.14 bits per heavy atom. The quantitative estimate of drug-likeness (QED) is 0.0425. The molecule has 10 rings (SSSR count). The van der Waals surface area contributed by atoms with E-state index in [1.54, 1.807) is 70.9 Å². The Hall–Kier alpha value is -8.41. The minimum Gasteiger partial charge on any atom is -0.481 e. The summed E-state index contributed by atoms with van der Waals surface area (Å²) in [5.74, 6) is -5.82. The van der Waals surface area contributed by atoms with Gasteiger partial charge in [0.2, 0.25) is 11.8 Å². The third-order valence-electron chi connectivity index (χ3n) is 14.7. The van der Waals surface area contributed by atoms with Crippen molar-refractivity contribution < 1.29 is 67.9 Å². The summed E-state index contributed by atoms with van der Waals surface area (Å²) in [6.45, 7) is 3.91. The molecule has 0 spiro atoms. The fourth-order valence-corrected chi connectivity index (χ4v) is 15.5. The maximum absolute atomic E-state index is 14.4. The van der Waals surface area contributed by atoms with Crippen molar-refractivity contribution in [3.8, 4) is 43.4 Å². The number of methoxy groups -OCH3 is 1. The number of ether oxygens (including phenoxy) is 3. The van der Waals surface area contributed by atoms with Crippen LogP contribution in [0.15, 0.2) is 64.0 Å². The molecule has 1 aromatic carbocycles. The Labute approximate surface area is 549 Å². The van der Waals surface area contributed by atoms with E-state index < -0.39 is 97.0 Å². The summed E-state index contributed by atoms with van der Waals surface area (Å²) in [4.78, 5) is 143. The van der Waals surface area contributed by atoms with E-state index in [1.165, 1.54) is 30.4 Å². The first-order chi connectivity index (χ1) is 44.2. The number of carbonyl (C=O) groups excluding carboxylic acids is 6. The van der Waals surface area contributed by atoms with Gasteiger partial charge in [0.15, 0.2) is 0 Å². The molecule has 8 N–H and O–H groups in total. The third-order valence-corrected chi connectivity index (χ3v) is 20.4. The molecule has 0 unspecified atom stereocenters. The Balaban J connectivity index is 1.03. The molecule has 7 aromatic heterocycles. The zero-order valence-corrected chi connectivity index (χ0v) is 54.7. The number of rotatable bonds is 16. The van der Waals surface area contributed by atoms with E-state index in [2.05, 4.69) is 26.6 Å². The van der Waals surface area contributed by atoms with Crippen LogP contribution in [0.25, 0.3) is 43.4 Å². The van der Waals surface area contributed by atoms with Crippen LogP contribution < -0.4 is 31.5 Å². The number of carboxylic acid groups (broad SMARTS) is 2.